The highest BCUT2D eigenvalue weighted by atomic mass is 19.4. The van der Waals surface area contributed by atoms with Crippen LogP contribution < -0.4 is 15.0 Å². The summed E-state index contributed by atoms with van der Waals surface area (Å²) in [6.07, 6.45) is -13.6. The number of anilines is 3. The number of azo groups is 1. The third-order valence-corrected chi connectivity index (χ3v) is 5.28. The molecule has 2 heterocycles. The van der Waals surface area contributed by atoms with Crippen molar-refractivity contribution in [3.05, 3.63) is 59.4 Å². The molecule has 40 heavy (non-hydrogen) atoms. The number of alkyl halides is 7. The Morgan fingerprint density at radius 3 is 2.33 bits per heavy atom. The van der Waals surface area contributed by atoms with Crippen molar-refractivity contribution in [2.75, 3.05) is 36.5 Å². The van der Waals surface area contributed by atoms with E-state index < -0.39 is 35.8 Å². The fraction of sp³-hybridized carbons (Fsp3) is 0.348. The number of hydrogen-bond donors (Lipinski definition) is 1. The molecule has 0 radical (unpaired) electrons. The number of halogens is 8. The smallest absolute Gasteiger partial charge is 0.428 e. The van der Waals surface area contributed by atoms with E-state index in [0.717, 1.165) is 18.2 Å². The van der Waals surface area contributed by atoms with E-state index >= 15 is 0 Å². The van der Waals surface area contributed by atoms with Crippen LogP contribution in [0.25, 0.3) is 0 Å². The van der Waals surface area contributed by atoms with Gasteiger partial charge in [-0.1, -0.05) is 12.1 Å². The van der Waals surface area contributed by atoms with Gasteiger partial charge in [-0.25, -0.2) is 4.39 Å². The Labute approximate surface area is 220 Å². The maximum absolute atomic E-state index is 13.7. The minimum absolute atomic E-state index is 0.0975. The minimum atomic E-state index is -4.92. The summed E-state index contributed by atoms with van der Waals surface area (Å²) in [4.78, 5) is 14.2. The average Bonchev–Trinajstić information content (AvgIpc) is 2.90. The van der Waals surface area contributed by atoms with Crippen molar-refractivity contribution in [3.63, 3.8) is 0 Å². The second-order valence-corrected chi connectivity index (χ2v) is 8.18. The van der Waals surface area contributed by atoms with Crippen LogP contribution >= 0.6 is 0 Å². The number of nitrogens with zero attached hydrogens (tertiary/aromatic N) is 6. The van der Waals surface area contributed by atoms with Crippen molar-refractivity contribution in [1.29, 1.82) is 0 Å². The Morgan fingerprint density at radius 1 is 0.975 bits per heavy atom. The van der Waals surface area contributed by atoms with E-state index in [0.29, 0.717) is 44.0 Å². The van der Waals surface area contributed by atoms with E-state index in [1.54, 1.807) is 4.90 Å². The van der Waals surface area contributed by atoms with Crippen LogP contribution in [0.4, 0.5) is 58.7 Å². The molecule has 1 aliphatic rings. The second kappa shape index (κ2) is 11.9. The molecular weight excluding hydrogens is 558 g/mol. The van der Waals surface area contributed by atoms with Gasteiger partial charge in [-0.05, 0) is 35.9 Å². The molecular formula is C23H19F8N7O2. The van der Waals surface area contributed by atoms with Crippen LogP contribution in [0.1, 0.15) is 11.1 Å². The molecule has 0 bridgehead atoms. The van der Waals surface area contributed by atoms with E-state index in [1.807, 2.05) is 0 Å². The first-order valence-electron chi connectivity index (χ1n) is 11.4. The van der Waals surface area contributed by atoms with Crippen molar-refractivity contribution in [2.24, 2.45) is 10.2 Å². The van der Waals surface area contributed by atoms with Gasteiger partial charge in [0.25, 0.3) is 5.95 Å². The van der Waals surface area contributed by atoms with E-state index in [-0.39, 0.29) is 30.1 Å². The maximum Gasteiger partial charge on any atom is 0.461 e. The van der Waals surface area contributed by atoms with Gasteiger partial charge in [0, 0.05) is 18.8 Å². The Bertz CT molecular complexity index is 1330. The molecule has 1 saturated heterocycles. The van der Waals surface area contributed by atoms with Gasteiger partial charge in [0.15, 0.2) is 0 Å². The molecule has 0 aliphatic carbocycles. The first kappa shape index (κ1) is 28.8. The molecule has 4 rings (SSSR count). The zero-order chi connectivity index (χ0) is 28.9. The normalized spacial score (nSPS) is 14.7. The topological polar surface area (TPSA) is 97.1 Å². The molecule has 9 nitrogen and oxygen atoms in total. The SMILES string of the molecule is Fc1ccc(Nc2nc(N=NCc3ccc(OC(F)(F)C(F)F)cc3)nc(N3CCOCC3)n2)cc1C(F)(F)F. The Morgan fingerprint density at radius 2 is 1.68 bits per heavy atom. The highest BCUT2D eigenvalue weighted by Crippen LogP contribution is 2.34. The quantitative estimate of drug-likeness (QED) is 0.241. The Hall–Kier alpha value is -4.15. The number of hydrogen-bond acceptors (Lipinski definition) is 9. The largest absolute Gasteiger partial charge is 0.461 e. The molecule has 1 fully saturated rings. The molecule has 0 saturated carbocycles. The monoisotopic (exact) mass is 577 g/mol. The van der Waals surface area contributed by atoms with Crippen molar-refractivity contribution in [3.8, 4) is 5.75 Å². The van der Waals surface area contributed by atoms with E-state index in [1.165, 1.54) is 12.1 Å². The van der Waals surface area contributed by atoms with Crippen molar-refractivity contribution in [1.82, 2.24) is 15.0 Å². The summed E-state index contributed by atoms with van der Waals surface area (Å²) in [5.41, 5.74) is -1.17. The molecule has 1 aromatic heterocycles. The van der Waals surface area contributed by atoms with Gasteiger partial charge in [-0.3, -0.25) is 0 Å². The van der Waals surface area contributed by atoms with Crippen molar-refractivity contribution in [2.45, 2.75) is 25.3 Å². The van der Waals surface area contributed by atoms with Gasteiger partial charge in [-0.15, -0.1) is 5.11 Å². The number of nitrogens with one attached hydrogen (secondary N) is 1. The molecule has 0 amide bonds. The van der Waals surface area contributed by atoms with E-state index in [4.69, 9.17) is 4.74 Å². The van der Waals surface area contributed by atoms with Crippen molar-refractivity contribution < 1.29 is 44.6 Å². The van der Waals surface area contributed by atoms with Gasteiger partial charge in [0.05, 0.1) is 25.3 Å². The van der Waals surface area contributed by atoms with Gasteiger partial charge in [-0.2, -0.15) is 50.8 Å². The summed E-state index contributed by atoms with van der Waals surface area (Å²) < 4.78 is 113. The number of ether oxygens (including phenoxy) is 2. The van der Waals surface area contributed by atoms with Gasteiger partial charge in [0.2, 0.25) is 11.9 Å². The number of rotatable bonds is 9. The number of aromatic nitrogens is 3. The molecule has 1 aliphatic heterocycles. The number of benzene rings is 2. The first-order chi connectivity index (χ1) is 18.9. The lowest BCUT2D eigenvalue weighted by Crippen LogP contribution is -2.37. The van der Waals surface area contributed by atoms with Crippen LogP contribution in [0.5, 0.6) is 5.75 Å². The predicted molar refractivity (Wildman–Crippen MR) is 124 cm³/mol. The third-order valence-electron chi connectivity index (χ3n) is 5.28. The lowest BCUT2D eigenvalue weighted by atomic mass is 10.2. The first-order valence-corrected chi connectivity index (χ1v) is 11.4. The zero-order valence-electron chi connectivity index (χ0n) is 20.2. The van der Waals surface area contributed by atoms with Gasteiger partial charge in [0.1, 0.15) is 11.6 Å². The summed E-state index contributed by atoms with van der Waals surface area (Å²) in [7, 11) is 0. The van der Waals surface area contributed by atoms with Crippen LogP contribution in [0, 0.1) is 5.82 Å². The highest BCUT2D eigenvalue weighted by molar-refractivity contribution is 5.57. The van der Waals surface area contributed by atoms with Crippen molar-refractivity contribution >= 4 is 23.5 Å². The summed E-state index contributed by atoms with van der Waals surface area (Å²) >= 11 is 0. The summed E-state index contributed by atoms with van der Waals surface area (Å²) in [6.45, 7) is 1.48. The second-order valence-electron chi connectivity index (χ2n) is 8.18. The van der Waals surface area contributed by atoms with Crippen LogP contribution in [-0.4, -0.2) is 53.8 Å². The fourth-order valence-corrected chi connectivity index (χ4v) is 3.35. The highest BCUT2D eigenvalue weighted by Gasteiger charge is 2.44. The summed E-state index contributed by atoms with van der Waals surface area (Å²) in [6, 6.07) is 7.03. The standard InChI is InChI=1S/C23H19F8N7O2/c24-17-6-3-14(11-16(17)22(27,28)29)33-19-34-20(36-21(35-19)38-7-9-39-10-8-38)37-32-12-13-1-4-15(5-2-13)40-23(30,31)18(25)26/h1-6,11,18H,7-10,12H2,(H,33,34,35,36). The van der Waals surface area contributed by atoms with Crippen LogP contribution in [0.2, 0.25) is 0 Å². The molecule has 17 heteroatoms. The maximum atomic E-state index is 13.7. The van der Waals surface area contributed by atoms with E-state index in [9.17, 15) is 35.1 Å². The average molecular weight is 577 g/mol. The fourth-order valence-electron chi connectivity index (χ4n) is 3.35. The molecule has 0 spiro atoms. The molecule has 1 N–H and O–H groups in total. The summed E-state index contributed by atoms with van der Waals surface area (Å²) in [5.74, 6) is -2.20. The zero-order valence-corrected chi connectivity index (χ0v) is 20.2. The third kappa shape index (κ3) is 7.49. The molecule has 0 atom stereocenters. The van der Waals surface area contributed by atoms with Gasteiger partial charge < -0.3 is 19.7 Å². The minimum Gasteiger partial charge on any atom is -0.428 e. The van der Waals surface area contributed by atoms with Crippen LogP contribution in [0.15, 0.2) is 52.7 Å². The molecule has 3 aromatic rings. The predicted octanol–water partition coefficient (Wildman–Crippen LogP) is 6.13. The van der Waals surface area contributed by atoms with E-state index in [2.05, 4.69) is 35.2 Å². The van der Waals surface area contributed by atoms with Gasteiger partial charge >= 0.3 is 18.7 Å². The van der Waals surface area contributed by atoms with Crippen LogP contribution in [-0.2, 0) is 17.5 Å². The summed E-state index contributed by atoms with van der Waals surface area (Å²) in [5, 5.41) is 10.4. The molecule has 2 aromatic carbocycles. The number of morpholine rings is 1. The Balaban J connectivity index is 1.53. The molecule has 0 unspecified atom stereocenters. The van der Waals surface area contributed by atoms with Crippen LogP contribution in [0.3, 0.4) is 0 Å². The molecule has 214 valence electrons. The Kier molecular flexibility index (Phi) is 8.61. The lowest BCUT2D eigenvalue weighted by molar-refractivity contribution is -0.253. The lowest BCUT2D eigenvalue weighted by Gasteiger charge is -2.26.